The van der Waals surface area contributed by atoms with Gasteiger partial charge in [-0.15, -0.1) is 10.2 Å². The molecule has 0 unspecified atom stereocenters. The largest absolute Gasteiger partial charge is 0.484 e. The Kier molecular flexibility index (Phi) is 6.57. The van der Waals surface area contributed by atoms with Crippen LogP contribution in [0, 0.1) is 11.7 Å². The van der Waals surface area contributed by atoms with Crippen molar-refractivity contribution in [3.8, 4) is 5.75 Å². The van der Waals surface area contributed by atoms with E-state index in [1.807, 2.05) is 0 Å². The van der Waals surface area contributed by atoms with Crippen molar-refractivity contribution >= 4 is 17.5 Å². The summed E-state index contributed by atoms with van der Waals surface area (Å²) in [7, 11) is 0. The number of hydrazine groups is 1. The third-order valence-corrected chi connectivity index (χ3v) is 6.10. The van der Waals surface area contributed by atoms with Gasteiger partial charge in [-0.25, -0.2) is 9.40 Å². The summed E-state index contributed by atoms with van der Waals surface area (Å²) in [5, 5.41) is 9.68. The van der Waals surface area contributed by atoms with Crippen LogP contribution in [0.25, 0.3) is 0 Å². The van der Waals surface area contributed by atoms with Crippen molar-refractivity contribution in [3.05, 3.63) is 40.8 Å². The molecule has 2 fully saturated rings. The molecule has 0 bridgehead atoms. The SMILES string of the molecule is O=C(COc1ccc(Cl)c(F)c1)NN1CCC(c2nnc(C3CC(C(F)(F)F)C3)o2)CC1. The molecule has 1 aliphatic heterocycles. The highest BCUT2D eigenvalue weighted by Gasteiger charge is 2.49. The Bertz CT molecular complexity index is 957. The number of piperidine rings is 1. The van der Waals surface area contributed by atoms with Gasteiger partial charge in [-0.05, 0) is 37.8 Å². The van der Waals surface area contributed by atoms with Crippen molar-refractivity contribution in [2.45, 2.75) is 43.7 Å². The molecule has 1 N–H and O–H groups in total. The minimum absolute atomic E-state index is 0.0135. The predicted octanol–water partition coefficient (Wildman–Crippen LogP) is 4.21. The van der Waals surface area contributed by atoms with Gasteiger partial charge in [0.2, 0.25) is 11.8 Å². The molecule has 1 saturated carbocycles. The van der Waals surface area contributed by atoms with Crippen LogP contribution in [0.4, 0.5) is 17.6 Å². The van der Waals surface area contributed by atoms with Crippen molar-refractivity contribution in [2.75, 3.05) is 19.7 Å². The molecule has 12 heteroatoms. The number of carbonyl (C=O) groups is 1. The van der Waals surface area contributed by atoms with Crippen molar-refractivity contribution < 1.29 is 31.5 Å². The van der Waals surface area contributed by atoms with Gasteiger partial charge >= 0.3 is 6.18 Å². The fraction of sp³-hybridized carbons (Fsp3) is 0.550. The van der Waals surface area contributed by atoms with E-state index < -0.39 is 17.9 Å². The maximum Gasteiger partial charge on any atom is 0.391 e. The Morgan fingerprint density at radius 3 is 2.47 bits per heavy atom. The van der Waals surface area contributed by atoms with Gasteiger partial charge in [-0.1, -0.05) is 11.6 Å². The molecular formula is C20H21ClF4N4O3. The second kappa shape index (κ2) is 9.22. The molecule has 1 aliphatic carbocycles. The number of halogens is 5. The lowest BCUT2D eigenvalue weighted by Crippen LogP contribution is -2.47. The van der Waals surface area contributed by atoms with E-state index in [0.717, 1.165) is 6.07 Å². The lowest BCUT2D eigenvalue weighted by Gasteiger charge is -2.34. The van der Waals surface area contributed by atoms with E-state index in [4.69, 9.17) is 20.8 Å². The molecule has 1 aromatic heterocycles. The number of nitrogens with zero attached hydrogens (tertiary/aromatic N) is 3. The second-order valence-corrected chi connectivity index (χ2v) is 8.45. The van der Waals surface area contributed by atoms with Crippen LogP contribution in [0.3, 0.4) is 0 Å². The molecule has 1 aromatic carbocycles. The number of aromatic nitrogens is 2. The van der Waals surface area contributed by atoms with Crippen molar-refractivity contribution in [1.29, 1.82) is 0 Å². The maximum atomic E-state index is 13.4. The van der Waals surface area contributed by atoms with Crippen molar-refractivity contribution in [1.82, 2.24) is 20.6 Å². The number of ether oxygens (including phenoxy) is 1. The third kappa shape index (κ3) is 5.32. The third-order valence-electron chi connectivity index (χ3n) is 5.79. The fourth-order valence-electron chi connectivity index (χ4n) is 3.83. The molecular weight excluding hydrogens is 456 g/mol. The Morgan fingerprint density at radius 2 is 1.84 bits per heavy atom. The van der Waals surface area contributed by atoms with E-state index in [1.165, 1.54) is 12.1 Å². The van der Waals surface area contributed by atoms with Gasteiger partial charge in [-0.2, -0.15) is 13.2 Å². The molecule has 0 atom stereocenters. The molecule has 32 heavy (non-hydrogen) atoms. The number of hydrogen-bond acceptors (Lipinski definition) is 6. The van der Waals surface area contributed by atoms with Crippen LogP contribution in [0.2, 0.25) is 5.02 Å². The van der Waals surface area contributed by atoms with E-state index >= 15 is 0 Å². The van der Waals surface area contributed by atoms with Crippen LogP contribution < -0.4 is 10.2 Å². The molecule has 7 nitrogen and oxygen atoms in total. The van der Waals surface area contributed by atoms with E-state index in [2.05, 4.69) is 15.6 Å². The minimum atomic E-state index is -4.17. The van der Waals surface area contributed by atoms with Gasteiger partial charge in [0.25, 0.3) is 5.91 Å². The first-order valence-corrected chi connectivity index (χ1v) is 10.6. The zero-order valence-electron chi connectivity index (χ0n) is 16.9. The Hall–Kier alpha value is -2.40. The summed E-state index contributed by atoms with van der Waals surface area (Å²) in [5.74, 6) is -1.77. The average Bonchev–Trinajstić information content (AvgIpc) is 3.17. The van der Waals surface area contributed by atoms with Gasteiger partial charge in [0.15, 0.2) is 6.61 Å². The first kappa shape index (κ1) is 22.8. The average molecular weight is 477 g/mol. The smallest absolute Gasteiger partial charge is 0.391 e. The Balaban J connectivity index is 1.19. The van der Waals surface area contributed by atoms with E-state index in [9.17, 15) is 22.4 Å². The maximum absolute atomic E-state index is 13.4. The first-order valence-electron chi connectivity index (χ1n) is 10.2. The van der Waals surface area contributed by atoms with Crippen LogP contribution >= 0.6 is 11.6 Å². The predicted molar refractivity (Wildman–Crippen MR) is 104 cm³/mol. The quantitative estimate of drug-likeness (QED) is 0.629. The van der Waals surface area contributed by atoms with Gasteiger partial charge < -0.3 is 9.15 Å². The Morgan fingerprint density at radius 1 is 1.19 bits per heavy atom. The first-order chi connectivity index (χ1) is 15.2. The zero-order valence-corrected chi connectivity index (χ0v) is 17.6. The lowest BCUT2D eigenvalue weighted by atomic mass is 9.74. The molecule has 4 rings (SSSR count). The summed E-state index contributed by atoms with van der Waals surface area (Å²) in [4.78, 5) is 12.1. The molecule has 2 aliphatic rings. The second-order valence-electron chi connectivity index (χ2n) is 8.05. The van der Waals surface area contributed by atoms with Gasteiger partial charge in [0.05, 0.1) is 10.9 Å². The highest BCUT2D eigenvalue weighted by Crippen LogP contribution is 2.49. The van der Waals surface area contributed by atoms with Crippen LogP contribution in [0.5, 0.6) is 5.75 Å². The van der Waals surface area contributed by atoms with Gasteiger partial charge in [-0.3, -0.25) is 10.2 Å². The highest BCUT2D eigenvalue weighted by atomic mass is 35.5. The number of rotatable bonds is 6. The summed E-state index contributed by atoms with van der Waals surface area (Å²) in [6.07, 6.45) is -2.92. The molecule has 0 spiro atoms. The summed E-state index contributed by atoms with van der Waals surface area (Å²) >= 11 is 5.60. The highest BCUT2D eigenvalue weighted by molar-refractivity contribution is 6.30. The normalized spacial score (nSPS) is 22.4. The van der Waals surface area contributed by atoms with Gasteiger partial charge in [0, 0.05) is 31.0 Å². The van der Waals surface area contributed by atoms with Crippen LogP contribution in [-0.4, -0.2) is 47.0 Å². The van der Waals surface area contributed by atoms with Crippen LogP contribution in [0.15, 0.2) is 22.6 Å². The number of nitrogens with one attached hydrogen (secondary N) is 1. The van der Waals surface area contributed by atoms with Crippen molar-refractivity contribution in [2.24, 2.45) is 5.92 Å². The molecule has 1 amide bonds. The summed E-state index contributed by atoms with van der Waals surface area (Å²) in [5.41, 5.74) is 2.72. The monoisotopic (exact) mass is 476 g/mol. The summed E-state index contributed by atoms with van der Waals surface area (Å²) < 4.78 is 62.3. The van der Waals surface area contributed by atoms with E-state index in [-0.39, 0.29) is 53.9 Å². The molecule has 0 radical (unpaired) electrons. The number of carbonyl (C=O) groups excluding carboxylic acids is 1. The minimum Gasteiger partial charge on any atom is -0.484 e. The van der Waals surface area contributed by atoms with Crippen molar-refractivity contribution in [3.63, 3.8) is 0 Å². The fourth-order valence-corrected chi connectivity index (χ4v) is 3.94. The number of amides is 1. The van der Waals surface area contributed by atoms with E-state index in [1.54, 1.807) is 5.01 Å². The number of alkyl halides is 3. The zero-order chi connectivity index (χ0) is 22.9. The topological polar surface area (TPSA) is 80.5 Å². The molecule has 2 heterocycles. The molecule has 2 aromatic rings. The van der Waals surface area contributed by atoms with E-state index in [0.29, 0.717) is 31.8 Å². The standard InChI is InChI=1S/C20H21ClF4N4O3/c21-15-2-1-14(9-16(15)22)31-10-17(30)28-29-5-3-11(4-6-29)18-26-27-19(32-18)12-7-13(8-12)20(23,24)25/h1-2,9,11-13H,3-8,10H2,(H,28,30). The Labute approximate surface area is 186 Å². The number of benzene rings is 1. The van der Waals surface area contributed by atoms with Gasteiger partial charge in [0.1, 0.15) is 11.6 Å². The van der Waals surface area contributed by atoms with Crippen LogP contribution in [-0.2, 0) is 4.79 Å². The summed E-state index contributed by atoms with van der Waals surface area (Å²) in [6, 6.07) is 3.92. The lowest BCUT2D eigenvalue weighted by molar-refractivity contribution is -0.198. The van der Waals surface area contributed by atoms with Crippen LogP contribution in [0.1, 0.15) is 49.3 Å². The molecule has 174 valence electrons. The summed E-state index contributed by atoms with van der Waals surface area (Å²) in [6.45, 7) is 0.779. The number of hydrogen-bond donors (Lipinski definition) is 1. The molecule has 1 saturated heterocycles.